The molecule has 594 valence electrons. The molecule has 0 aromatic heterocycles. The Morgan fingerprint density at radius 3 is 1.49 bits per heavy atom. The molecule has 4 aliphatic carbocycles. The van der Waals surface area contributed by atoms with Crippen LogP contribution >= 0.6 is 0 Å². The van der Waals surface area contributed by atoms with E-state index in [1.807, 2.05) is 13.8 Å². The second kappa shape index (κ2) is 39.1. The Labute approximate surface area is 610 Å². The van der Waals surface area contributed by atoms with Crippen molar-refractivity contribution in [1.82, 2.24) is 31.1 Å². The summed E-state index contributed by atoms with van der Waals surface area (Å²) in [4.78, 5) is 88.1. The van der Waals surface area contributed by atoms with Crippen LogP contribution in [0.3, 0.4) is 0 Å². The van der Waals surface area contributed by atoms with E-state index in [4.69, 9.17) is 42.6 Å². The van der Waals surface area contributed by atoms with Crippen molar-refractivity contribution in [2.45, 2.75) is 316 Å². The summed E-state index contributed by atoms with van der Waals surface area (Å²) in [6.07, 6.45) is -9.33. The molecule has 6 aliphatic heterocycles. The minimum Gasteiger partial charge on any atom is -0.394 e. The van der Waals surface area contributed by atoms with Gasteiger partial charge >= 0.3 is 0 Å². The van der Waals surface area contributed by atoms with Crippen LogP contribution in [0.25, 0.3) is 0 Å². The van der Waals surface area contributed by atoms with Gasteiger partial charge in [-0.2, -0.15) is 0 Å². The molecule has 0 aromatic carbocycles. The molecular formula is C73H122N6O25. The maximum Gasteiger partial charge on any atom is 0.251 e. The SMILES string of the molecule is CC[C@H]1CCC[C@@H](O[C@@H]2O[C@H](CO)[C@H](O)[C@H](C[C@@H](CC3CCCCC3)C(=O)N3CCC3)[C@H]2NC(=O)CNC(=O)COCC(=O)NCC(=O)N[C@@H]2[C@@H](O[C@@H](CC3CCCCC3)C(=O)N3CCC3)[C@@H](O)[C@@H](CO)O[C@H]2C2CCC[C@H](CC)[C@H]2O[C@@H]2O[C@@H](C)[C@@H](O)[C@@H](O)[C@@H]2O)[C@@H]1O[C@@H]1O[C@@H](C)[C@@H](O)[C@@H](O)[C@@H]1O. The standard InChI is InChI=1S/C73H122N6O25/c1-5-42-21-13-23-45(65(42)103-72-63(92)61(90)57(86)38(3)97-72)67-56(68(60(89)50(35-81)100-67)99-48(70(95)79-27-16-28-79)30-41-19-11-8-12-20-41)77-52(83)33-75-54(85)37-96-36-53(84)74-32-51(82)76-55-46(31-44(69(94)78-25-15-26-78)29-40-17-9-7-10-18-40)59(88)49(34-80)102-71(55)101-47-24-14-22-43(6-2)66(47)104-73-64(93)62(91)58(87)39(4)98-73/h38-50,55-68,71-73,80-81,86-93H,5-37H2,1-4H3,(H,74,84)(H,75,85)(H,76,82)(H,77,83)/t38-,39-,42-,43-,44+,45?,46+,47+,48-,49+,50+,55+,56-,57+,58+,59+,60-,61+,62+,63-,64-,65+,66+,67-,68+,71+,72-,73-/m0/s1. The summed E-state index contributed by atoms with van der Waals surface area (Å²) in [5.74, 6) is -5.62. The number of aliphatic hydroxyl groups excluding tert-OH is 10. The number of hydrogen-bond donors (Lipinski definition) is 14. The van der Waals surface area contributed by atoms with Crippen LogP contribution in [0.15, 0.2) is 0 Å². The molecule has 0 spiro atoms. The lowest BCUT2D eigenvalue weighted by Crippen LogP contribution is -2.69. The van der Waals surface area contributed by atoms with Gasteiger partial charge in [-0.1, -0.05) is 104 Å². The monoisotopic (exact) mass is 1480 g/mol. The van der Waals surface area contributed by atoms with Crippen molar-refractivity contribution in [3.05, 3.63) is 0 Å². The minimum atomic E-state index is -1.65. The highest BCUT2D eigenvalue weighted by Gasteiger charge is 2.56. The van der Waals surface area contributed by atoms with Crippen LogP contribution in [0.1, 0.15) is 175 Å². The molecule has 104 heavy (non-hydrogen) atoms. The molecule has 4 saturated carbocycles. The highest BCUT2D eigenvalue weighted by Crippen LogP contribution is 2.45. The quantitative estimate of drug-likeness (QED) is 0.0397. The molecule has 31 nitrogen and oxygen atoms in total. The maximum absolute atomic E-state index is 14.4. The Kier molecular flexibility index (Phi) is 31.0. The van der Waals surface area contributed by atoms with Crippen LogP contribution in [0.5, 0.6) is 0 Å². The van der Waals surface area contributed by atoms with E-state index >= 15 is 0 Å². The summed E-state index contributed by atoms with van der Waals surface area (Å²) in [6, 6.07) is -2.45. The Hall–Kier alpha value is -3.94. The van der Waals surface area contributed by atoms with E-state index in [1.165, 1.54) is 0 Å². The van der Waals surface area contributed by atoms with Gasteiger partial charge in [0.2, 0.25) is 29.5 Å². The first-order valence-corrected chi connectivity index (χ1v) is 39.2. The average molecular weight is 1480 g/mol. The van der Waals surface area contributed by atoms with Gasteiger partial charge in [-0.05, 0) is 95.3 Å². The Morgan fingerprint density at radius 1 is 0.462 bits per heavy atom. The lowest BCUT2D eigenvalue weighted by Gasteiger charge is -2.52. The molecule has 0 radical (unpaired) electrons. The molecular weight excluding hydrogens is 1360 g/mol. The fraction of sp³-hybridized carbons (Fsp3) is 0.918. The number of nitrogens with zero attached hydrogens (tertiary/aromatic N) is 2. The van der Waals surface area contributed by atoms with Gasteiger partial charge in [0, 0.05) is 43.9 Å². The molecule has 14 N–H and O–H groups in total. The summed E-state index contributed by atoms with van der Waals surface area (Å²) < 4.78 is 57.2. The number of ether oxygens (including phenoxy) is 9. The lowest BCUT2D eigenvalue weighted by molar-refractivity contribution is -0.334. The van der Waals surface area contributed by atoms with E-state index in [0.717, 1.165) is 77.0 Å². The summed E-state index contributed by atoms with van der Waals surface area (Å²) in [6.45, 7) is 5.17. The first kappa shape index (κ1) is 82.6. The van der Waals surface area contributed by atoms with E-state index in [1.54, 1.807) is 23.6 Å². The topological polar surface area (TPSA) is 442 Å². The molecule has 1 unspecified atom stereocenters. The second-order valence-corrected chi connectivity index (χ2v) is 31.4. The van der Waals surface area contributed by atoms with Gasteiger partial charge in [0.15, 0.2) is 18.9 Å². The van der Waals surface area contributed by atoms with Crippen LogP contribution in [0.4, 0.5) is 0 Å². The van der Waals surface area contributed by atoms with Crippen LogP contribution < -0.4 is 21.3 Å². The molecule has 6 saturated heterocycles. The molecule has 6 amide bonds. The number of aliphatic hydroxyl groups is 10. The third-order valence-corrected chi connectivity index (χ3v) is 24.3. The molecule has 0 bridgehead atoms. The van der Waals surface area contributed by atoms with Crippen LogP contribution in [0.2, 0.25) is 0 Å². The number of carbonyl (C=O) groups excluding carboxylic acids is 6. The van der Waals surface area contributed by atoms with Crippen molar-refractivity contribution in [1.29, 1.82) is 0 Å². The van der Waals surface area contributed by atoms with Gasteiger partial charge in [0.05, 0.1) is 81.1 Å². The summed E-state index contributed by atoms with van der Waals surface area (Å²) in [7, 11) is 0. The number of amides is 6. The van der Waals surface area contributed by atoms with Gasteiger partial charge in [-0.25, -0.2) is 0 Å². The molecule has 10 rings (SSSR count). The highest BCUT2D eigenvalue weighted by molar-refractivity contribution is 5.87. The van der Waals surface area contributed by atoms with E-state index in [2.05, 4.69) is 21.3 Å². The zero-order valence-corrected chi connectivity index (χ0v) is 61.1. The molecule has 6 heterocycles. The number of nitrogens with one attached hydrogen (secondary N) is 4. The molecule has 10 fully saturated rings. The Morgan fingerprint density at radius 2 is 0.962 bits per heavy atom. The number of likely N-dealkylation sites (tertiary alicyclic amines) is 2. The van der Waals surface area contributed by atoms with Crippen molar-refractivity contribution >= 4 is 35.4 Å². The maximum atomic E-state index is 14.4. The molecule has 10 aliphatic rings. The Bertz CT molecular complexity index is 2730. The van der Waals surface area contributed by atoms with Gasteiger partial charge in [-0.3, -0.25) is 28.8 Å². The largest absolute Gasteiger partial charge is 0.394 e. The van der Waals surface area contributed by atoms with Crippen LogP contribution in [0, 0.1) is 41.4 Å². The van der Waals surface area contributed by atoms with Gasteiger partial charge in [0.1, 0.15) is 80.4 Å². The number of rotatable bonds is 31. The summed E-state index contributed by atoms with van der Waals surface area (Å²) >= 11 is 0. The number of hydrogen-bond acceptors (Lipinski definition) is 25. The van der Waals surface area contributed by atoms with E-state index < -0.39 is 222 Å². The van der Waals surface area contributed by atoms with Crippen LogP contribution in [-0.4, -0.2) is 303 Å². The smallest absolute Gasteiger partial charge is 0.251 e. The summed E-state index contributed by atoms with van der Waals surface area (Å²) in [5.41, 5.74) is 0. The van der Waals surface area contributed by atoms with Crippen LogP contribution in [-0.2, 0) is 71.4 Å². The third kappa shape index (κ3) is 20.5. The average Bonchev–Trinajstić information content (AvgIpc) is 0.785. The Balaban J connectivity index is 0.808. The predicted molar refractivity (Wildman–Crippen MR) is 367 cm³/mol. The van der Waals surface area contributed by atoms with Gasteiger partial charge in [0.25, 0.3) is 5.91 Å². The minimum absolute atomic E-state index is 0.0615. The lowest BCUT2D eigenvalue weighted by atomic mass is 9.71. The van der Waals surface area contributed by atoms with Crippen molar-refractivity contribution in [2.75, 3.05) is 65.7 Å². The molecule has 31 heteroatoms. The zero-order valence-electron chi connectivity index (χ0n) is 61.1. The third-order valence-electron chi connectivity index (χ3n) is 24.3. The van der Waals surface area contributed by atoms with Crippen molar-refractivity contribution < 1.29 is 122 Å². The fourth-order valence-corrected chi connectivity index (χ4v) is 17.9. The zero-order chi connectivity index (χ0) is 74.5. The first-order valence-electron chi connectivity index (χ1n) is 39.2. The van der Waals surface area contributed by atoms with E-state index in [9.17, 15) is 79.8 Å². The summed E-state index contributed by atoms with van der Waals surface area (Å²) in [5, 5.41) is 122. The second-order valence-electron chi connectivity index (χ2n) is 31.4. The fourth-order valence-electron chi connectivity index (χ4n) is 17.9. The number of carbonyl (C=O) groups is 6. The van der Waals surface area contributed by atoms with Gasteiger partial charge in [-0.15, -0.1) is 0 Å². The molecule has 0 aromatic rings. The van der Waals surface area contributed by atoms with E-state index in [0.29, 0.717) is 90.4 Å². The van der Waals surface area contributed by atoms with Gasteiger partial charge < -0.3 is 125 Å². The first-order chi connectivity index (χ1) is 50.0. The molecule has 28 atom stereocenters. The van der Waals surface area contributed by atoms with E-state index in [-0.39, 0.29) is 41.9 Å². The van der Waals surface area contributed by atoms with Crippen molar-refractivity contribution in [3.8, 4) is 0 Å². The van der Waals surface area contributed by atoms with Crippen molar-refractivity contribution in [2.24, 2.45) is 41.4 Å². The normalized spacial score (nSPS) is 39.5. The highest BCUT2D eigenvalue weighted by atomic mass is 16.7. The predicted octanol–water partition coefficient (Wildman–Crippen LogP) is -0.968. The van der Waals surface area contributed by atoms with Crippen molar-refractivity contribution in [3.63, 3.8) is 0 Å².